The van der Waals surface area contributed by atoms with Crippen molar-refractivity contribution in [3.8, 4) is 0 Å². The summed E-state index contributed by atoms with van der Waals surface area (Å²) in [6.07, 6.45) is -2.27. The van der Waals surface area contributed by atoms with E-state index >= 15 is 0 Å². The highest BCUT2D eigenvalue weighted by Gasteiger charge is 2.35. The van der Waals surface area contributed by atoms with Crippen LogP contribution in [0.4, 0.5) is 13.2 Å². The van der Waals surface area contributed by atoms with Gasteiger partial charge in [-0.25, -0.2) is 8.42 Å². The lowest BCUT2D eigenvalue weighted by molar-refractivity contribution is -0.143. The van der Waals surface area contributed by atoms with Crippen molar-refractivity contribution in [3.63, 3.8) is 0 Å². The van der Waals surface area contributed by atoms with Crippen LogP contribution in [0.25, 0.3) is 0 Å². The molecule has 3 heterocycles. The number of piperazine rings is 1. The number of aliphatic imine (C=N–C) groups is 1. The summed E-state index contributed by atoms with van der Waals surface area (Å²) in [6.45, 7) is 1.24. The molecule has 0 saturated carbocycles. The maximum absolute atomic E-state index is 12.5. The van der Waals surface area contributed by atoms with E-state index in [4.69, 9.17) is 0 Å². The molecule has 1 atom stereocenters. The van der Waals surface area contributed by atoms with Crippen molar-refractivity contribution in [2.45, 2.75) is 24.4 Å². The van der Waals surface area contributed by atoms with Crippen LogP contribution >= 0.6 is 24.0 Å². The molecular weight excluding hydrogens is 540 g/mol. The Labute approximate surface area is 190 Å². The second-order valence-electron chi connectivity index (χ2n) is 7.16. The molecule has 1 unspecified atom stereocenters. The molecule has 2 aliphatic heterocycles. The maximum Gasteiger partial charge on any atom is 0.401 e. The molecule has 1 aromatic heterocycles. The lowest BCUT2D eigenvalue weighted by Gasteiger charge is -2.36. The Kier molecular flexibility index (Phi) is 8.76. The molecule has 0 radical (unpaired) electrons. The van der Waals surface area contributed by atoms with Crippen LogP contribution in [0.5, 0.6) is 0 Å². The van der Waals surface area contributed by atoms with Crippen molar-refractivity contribution in [2.24, 2.45) is 4.99 Å². The van der Waals surface area contributed by atoms with Gasteiger partial charge < -0.3 is 14.7 Å². The van der Waals surface area contributed by atoms with E-state index in [0.717, 1.165) is 0 Å². The summed E-state index contributed by atoms with van der Waals surface area (Å²) in [4.78, 5) is 7.52. The van der Waals surface area contributed by atoms with Crippen LogP contribution in [-0.4, -0.2) is 98.7 Å². The third-order valence-electron chi connectivity index (χ3n) is 4.97. The fourth-order valence-electron chi connectivity index (χ4n) is 3.60. The highest BCUT2D eigenvalue weighted by Crippen LogP contribution is 2.20. The van der Waals surface area contributed by atoms with Gasteiger partial charge in [0, 0.05) is 58.4 Å². The van der Waals surface area contributed by atoms with Gasteiger partial charge in [0.2, 0.25) is 10.0 Å². The first-order chi connectivity index (χ1) is 13.7. The minimum Gasteiger partial charge on any atom is -0.364 e. The van der Waals surface area contributed by atoms with Crippen molar-refractivity contribution in [3.05, 3.63) is 18.0 Å². The van der Waals surface area contributed by atoms with Gasteiger partial charge in [0.25, 0.3) is 0 Å². The van der Waals surface area contributed by atoms with E-state index in [2.05, 4.69) is 20.0 Å². The van der Waals surface area contributed by atoms with Gasteiger partial charge in [0.05, 0.1) is 12.2 Å². The van der Waals surface area contributed by atoms with E-state index in [1.165, 1.54) is 21.5 Å². The topological polar surface area (TPSA) is 94.3 Å². The number of alkyl halides is 3. The lowest BCUT2D eigenvalue weighted by atomic mass is 10.2. The molecule has 14 heteroatoms. The molecule has 0 bridgehead atoms. The SMILES string of the molecule is CN=C(NC1CCN(CC(F)(F)F)C1)N1CCN(S(=O)(=O)Cc2ccon2)CC1.I. The van der Waals surface area contributed by atoms with E-state index < -0.39 is 22.7 Å². The summed E-state index contributed by atoms with van der Waals surface area (Å²) in [5.41, 5.74) is 0.356. The van der Waals surface area contributed by atoms with Gasteiger partial charge in [0.1, 0.15) is 12.0 Å². The Morgan fingerprint density at radius 1 is 1.30 bits per heavy atom. The number of aromatic nitrogens is 1. The van der Waals surface area contributed by atoms with Gasteiger partial charge in [0.15, 0.2) is 5.96 Å². The Balaban J connectivity index is 0.00000320. The summed E-state index contributed by atoms with van der Waals surface area (Å²) in [6, 6.07) is 1.40. The Morgan fingerprint density at radius 3 is 2.57 bits per heavy atom. The normalized spacial score (nSPS) is 22.2. The summed E-state index contributed by atoms with van der Waals surface area (Å²) in [5, 5.41) is 6.86. The molecule has 2 aliphatic rings. The first-order valence-corrected chi connectivity index (χ1v) is 10.9. The molecule has 0 amide bonds. The molecular formula is C16H26F3IN6O3S. The number of nitrogens with one attached hydrogen (secondary N) is 1. The smallest absolute Gasteiger partial charge is 0.364 e. The fourth-order valence-corrected chi connectivity index (χ4v) is 5.02. The van der Waals surface area contributed by atoms with Crippen LogP contribution in [0.15, 0.2) is 21.8 Å². The second-order valence-corrected chi connectivity index (χ2v) is 9.13. The largest absolute Gasteiger partial charge is 0.401 e. The Bertz CT molecular complexity index is 798. The van der Waals surface area contributed by atoms with Crippen LogP contribution in [0, 0.1) is 0 Å². The zero-order valence-electron chi connectivity index (χ0n) is 16.5. The molecule has 2 saturated heterocycles. The summed E-state index contributed by atoms with van der Waals surface area (Å²) >= 11 is 0. The van der Waals surface area contributed by atoms with E-state index in [0.29, 0.717) is 57.3 Å². The van der Waals surface area contributed by atoms with Gasteiger partial charge in [-0.1, -0.05) is 5.16 Å². The number of guanidine groups is 1. The third kappa shape index (κ3) is 6.95. The van der Waals surface area contributed by atoms with E-state index in [1.54, 1.807) is 7.05 Å². The summed E-state index contributed by atoms with van der Waals surface area (Å²) < 4.78 is 68.8. The molecule has 172 valence electrons. The lowest BCUT2D eigenvalue weighted by Crippen LogP contribution is -2.55. The van der Waals surface area contributed by atoms with Crippen molar-refractivity contribution in [1.29, 1.82) is 0 Å². The molecule has 30 heavy (non-hydrogen) atoms. The van der Waals surface area contributed by atoms with Gasteiger partial charge in [-0.3, -0.25) is 9.89 Å². The average molecular weight is 566 g/mol. The van der Waals surface area contributed by atoms with Crippen molar-refractivity contribution in [1.82, 2.24) is 24.6 Å². The van der Waals surface area contributed by atoms with Gasteiger partial charge >= 0.3 is 6.18 Å². The number of rotatable bonds is 5. The number of halogens is 4. The van der Waals surface area contributed by atoms with Gasteiger partial charge in [-0.05, 0) is 6.42 Å². The average Bonchev–Trinajstić information content (AvgIpc) is 3.30. The van der Waals surface area contributed by atoms with Crippen molar-refractivity contribution >= 4 is 40.0 Å². The molecule has 1 N–H and O–H groups in total. The van der Waals surface area contributed by atoms with E-state index in [-0.39, 0.29) is 35.8 Å². The molecule has 0 aromatic carbocycles. The van der Waals surface area contributed by atoms with Crippen LogP contribution in [0.3, 0.4) is 0 Å². The summed E-state index contributed by atoms with van der Waals surface area (Å²) in [7, 11) is -1.89. The number of hydrogen-bond acceptors (Lipinski definition) is 6. The zero-order valence-corrected chi connectivity index (χ0v) is 19.7. The second kappa shape index (κ2) is 10.5. The number of sulfonamides is 1. The standard InChI is InChI=1S/C16H25F3N6O3S.HI/c1-20-15(21-13-2-4-23(10-13)12-16(17,18)19)24-5-7-25(8-6-24)29(26,27)11-14-3-9-28-22-14;/h3,9,13H,2,4-8,10-12H2,1H3,(H,20,21);1H. The fraction of sp³-hybridized carbons (Fsp3) is 0.750. The van der Waals surface area contributed by atoms with Crippen molar-refractivity contribution in [2.75, 3.05) is 52.9 Å². The van der Waals surface area contributed by atoms with Crippen molar-refractivity contribution < 1.29 is 26.1 Å². The zero-order chi connectivity index (χ0) is 21.1. The minimum absolute atomic E-state index is 0. The first kappa shape index (κ1) is 25.1. The molecule has 9 nitrogen and oxygen atoms in total. The predicted octanol–water partition coefficient (Wildman–Crippen LogP) is 0.952. The molecule has 0 spiro atoms. The van der Waals surface area contributed by atoms with Crippen LogP contribution in [0.2, 0.25) is 0 Å². The van der Waals surface area contributed by atoms with E-state index in [1.807, 2.05) is 4.90 Å². The van der Waals surface area contributed by atoms with Crippen LogP contribution in [-0.2, 0) is 15.8 Å². The van der Waals surface area contributed by atoms with Gasteiger partial charge in [-0.15, -0.1) is 24.0 Å². The number of likely N-dealkylation sites (tertiary alicyclic amines) is 1. The van der Waals surface area contributed by atoms with Gasteiger partial charge in [-0.2, -0.15) is 17.5 Å². The molecule has 2 fully saturated rings. The first-order valence-electron chi connectivity index (χ1n) is 9.31. The number of nitrogens with zero attached hydrogens (tertiary/aromatic N) is 5. The Hall–Kier alpha value is -1.13. The third-order valence-corrected chi connectivity index (χ3v) is 6.79. The Morgan fingerprint density at radius 2 is 2.00 bits per heavy atom. The van der Waals surface area contributed by atoms with E-state index in [9.17, 15) is 21.6 Å². The van der Waals surface area contributed by atoms with Crippen LogP contribution in [0.1, 0.15) is 12.1 Å². The maximum atomic E-state index is 12.5. The molecule has 3 rings (SSSR count). The van der Waals surface area contributed by atoms with Crippen LogP contribution < -0.4 is 5.32 Å². The quantitative estimate of drug-likeness (QED) is 0.323. The summed E-state index contributed by atoms with van der Waals surface area (Å²) in [5.74, 6) is 0.366. The highest BCUT2D eigenvalue weighted by atomic mass is 127. The number of hydrogen-bond donors (Lipinski definition) is 1. The monoisotopic (exact) mass is 566 g/mol. The predicted molar refractivity (Wildman–Crippen MR) is 115 cm³/mol. The molecule has 0 aliphatic carbocycles. The highest BCUT2D eigenvalue weighted by molar-refractivity contribution is 14.0. The minimum atomic E-state index is -4.20. The molecule has 1 aromatic rings.